The smallest absolute Gasteiger partial charge is 0.306 e. The topological polar surface area (TPSA) is 120 Å². The van der Waals surface area contributed by atoms with E-state index in [9.17, 15) is 31.9 Å². The molecule has 1 unspecified atom stereocenters. The highest BCUT2D eigenvalue weighted by Crippen LogP contribution is 2.40. The summed E-state index contributed by atoms with van der Waals surface area (Å²) < 4.78 is 61.3. The largest absolute Gasteiger partial charge is 0.412 e. The molecule has 1 aliphatic heterocycles. The van der Waals surface area contributed by atoms with Gasteiger partial charge in [0.15, 0.2) is 0 Å². The number of halogens is 5. The van der Waals surface area contributed by atoms with Crippen molar-refractivity contribution in [3.63, 3.8) is 0 Å². The number of nitriles is 1. The van der Waals surface area contributed by atoms with Crippen molar-refractivity contribution in [3.05, 3.63) is 76.6 Å². The van der Waals surface area contributed by atoms with Crippen molar-refractivity contribution in [2.45, 2.75) is 49.7 Å². The molecule has 41 heavy (non-hydrogen) atoms. The van der Waals surface area contributed by atoms with E-state index in [4.69, 9.17) is 21.3 Å². The minimum atomic E-state index is -2.97. The van der Waals surface area contributed by atoms with Crippen LogP contribution in [0.1, 0.15) is 43.0 Å². The Morgan fingerprint density at radius 3 is 2.49 bits per heavy atom. The summed E-state index contributed by atoms with van der Waals surface area (Å²) in [5.74, 6) is -7.83. The number of benzene rings is 2. The van der Waals surface area contributed by atoms with Gasteiger partial charge in [-0.1, -0.05) is 29.8 Å². The van der Waals surface area contributed by atoms with Crippen LogP contribution in [0.5, 0.6) is 0 Å². The van der Waals surface area contributed by atoms with Gasteiger partial charge >= 0.3 is 6.01 Å². The summed E-state index contributed by atoms with van der Waals surface area (Å²) in [5, 5.41) is 11.6. The van der Waals surface area contributed by atoms with Gasteiger partial charge in [-0.3, -0.25) is 24.2 Å². The molecule has 1 saturated carbocycles. The first-order valence-corrected chi connectivity index (χ1v) is 12.7. The molecule has 0 radical (unpaired) electrons. The first-order valence-electron chi connectivity index (χ1n) is 12.4. The molecule has 2 atom stereocenters. The highest BCUT2D eigenvalue weighted by molar-refractivity contribution is 6.31. The van der Waals surface area contributed by atoms with Gasteiger partial charge in [-0.2, -0.15) is 5.26 Å². The van der Waals surface area contributed by atoms with E-state index in [0.717, 1.165) is 28.1 Å². The molecule has 1 saturated heterocycles. The molecule has 1 N–H and O–H groups in total. The number of carbonyl (C=O) groups is 3. The standard InChI is InChI=1S/C27H20ClF4N5O4/c28-20-4-2-1-3-19(20)23(24(39)35-16-10-27(31,32)11-16)36(17-8-14(29)7-15(30)9-17)25(40)21-5-6-22(38)37(21)26-34-13-18(12-33)41-26/h1-4,7-9,13,16,21,23H,5-6,10-11H2,(H,35,39)/t21-,23?/m0/s1. The van der Waals surface area contributed by atoms with E-state index in [1.165, 1.54) is 18.2 Å². The molecule has 2 aromatic carbocycles. The highest BCUT2D eigenvalue weighted by atomic mass is 35.5. The van der Waals surface area contributed by atoms with Crippen LogP contribution in [-0.2, 0) is 14.4 Å². The molecule has 3 aromatic rings. The summed E-state index contributed by atoms with van der Waals surface area (Å²) in [4.78, 5) is 46.4. The first-order chi connectivity index (χ1) is 19.5. The van der Waals surface area contributed by atoms with Crippen molar-refractivity contribution < 1.29 is 36.4 Å². The number of oxazole rings is 1. The molecular weight excluding hydrogens is 570 g/mol. The molecule has 5 rings (SSSR count). The Balaban J connectivity index is 1.62. The Hall–Kier alpha value is -4.44. The number of rotatable bonds is 7. The van der Waals surface area contributed by atoms with Gasteiger partial charge in [-0.25, -0.2) is 22.5 Å². The number of hydrogen-bond donors (Lipinski definition) is 1. The number of nitrogens with one attached hydrogen (secondary N) is 1. The number of nitrogens with zero attached hydrogens (tertiary/aromatic N) is 4. The predicted molar refractivity (Wildman–Crippen MR) is 136 cm³/mol. The van der Waals surface area contributed by atoms with E-state index in [2.05, 4.69) is 10.3 Å². The van der Waals surface area contributed by atoms with Crippen LogP contribution in [-0.4, -0.2) is 40.7 Å². The Bertz CT molecular complexity index is 1550. The highest BCUT2D eigenvalue weighted by Gasteiger charge is 2.49. The molecule has 3 amide bonds. The molecular formula is C27H20ClF4N5O4. The number of anilines is 2. The molecule has 14 heteroatoms. The van der Waals surface area contributed by atoms with E-state index in [-0.39, 0.29) is 35.2 Å². The van der Waals surface area contributed by atoms with Crippen LogP contribution < -0.4 is 15.1 Å². The normalized spacial score (nSPS) is 18.9. The van der Waals surface area contributed by atoms with Gasteiger partial charge in [-0.15, -0.1) is 0 Å². The van der Waals surface area contributed by atoms with Crippen LogP contribution in [0.4, 0.5) is 29.3 Å². The molecule has 212 valence electrons. The fourth-order valence-electron chi connectivity index (χ4n) is 4.97. The lowest BCUT2D eigenvalue weighted by Gasteiger charge is -2.39. The maximum Gasteiger partial charge on any atom is 0.306 e. The third kappa shape index (κ3) is 5.60. The van der Waals surface area contributed by atoms with E-state index in [1.807, 2.05) is 0 Å². The minimum absolute atomic E-state index is 0.00646. The second kappa shape index (κ2) is 10.9. The lowest BCUT2D eigenvalue weighted by atomic mass is 9.87. The van der Waals surface area contributed by atoms with Crippen molar-refractivity contribution >= 4 is 41.0 Å². The molecule has 0 spiro atoms. The van der Waals surface area contributed by atoms with Gasteiger partial charge in [0.2, 0.25) is 17.6 Å². The minimum Gasteiger partial charge on any atom is -0.412 e. The van der Waals surface area contributed by atoms with Crippen molar-refractivity contribution in [2.24, 2.45) is 0 Å². The average Bonchev–Trinajstić information content (AvgIpc) is 3.51. The van der Waals surface area contributed by atoms with Gasteiger partial charge in [0.1, 0.15) is 29.8 Å². The lowest BCUT2D eigenvalue weighted by Crippen LogP contribution is -2.56. The van der Waals surface area contributed by atoms with Gasteiger partial charge in [-0.05, 0) is 24.6 Å². The second-order valence-corrected chi connectivity index (χ2v) is 10.1. The zero-order valence-corrected chi connectivity index (χ0v) is 21.7. The zero-order valence-electron chi connectivity index (χ0n) is 21.0. The molecule has 1 aliphatic carbocycles. The number of carbonyl (C=O) groups excluding carboxylic acids is 3. The maximum absolute atomic E-state index is 14.5. The molecule has 1 aromatic heterocycles. The first kappa shape index (κ1) is 28.1. The van der Waals surface area contributed by atoms with Crippen LogP contribution in [0.15, 0.2) is 53.1 Å². The van der Waals surface area contributed by atoms with E-state index in [1.54, 1.807) is 12.1 Å². The number of aromatic nitrogens is 1. The SMILES string of the molecule is N#Cc1cnc(N2C(=O)CC[C@H]2C(=O)N(c2cc(F)cc(F)c2)C(C(=O)NC2CC(F)(F)C2)c2ccccc2Cl)o1. The number of hydrogen-bond acceptors (Lipinski definition) is 6. The molecule has 2 aliphatic rings. The Kier molecular flexibility index (Phi) is 7.44. The molecule has 9 nitrogen and oxygen atoms in total. The average molecular weight is 590 g/mol. The number of alkyl halides is 2. The molecule has 2 heterocycles. The summed E-state index contributed by atoms with van der Waals surface area (Å²) in [5.41, 5.74) is -0.356. The van der Waals surface area contributed by atoms with Gasteiger partial charge in [0.25, 0.3) is 11.8 Å². The van der Waals surface area contributed by atoms with Gasteiger partial charge in [0.05, 0.1) is 11.9 Å². The Morgan fingerprint density at radius 1 is 1.20 bits per heavy atom. The Labute approximate surface area is 235 Å². The van der Waals surface area contributed by atoms with Gasteiger partial charge < -0.3 is 9.73 Å². The van der Waals surface area contributed by atoms with E-state index < -0.39 is 71.9 Å². The van der Waals surface area contributed by atoms with Crippen LogP contribution >= 0.6 is 11.6 Å². The fraction of sp³-hybridized carbons (Fsp3) is 0.296. The quantitative estimate of drug-likeness (QED) is 0.400. The zero-order chi connectivity index (χ0) is 29.5. The van der Waals surface area contributed by atoms with Crippen molar-refractivity contribution in [1.29, 1.82) is 5.26 Å². The second-order valence-electron chi connectivity index (χ2n) is 9.67. The van der Waals surface area contributed by atoms with Crippen LogP contribution in [0, 0.1) is 23.0 Å². The summed E-state index contributed by atoms with van der Waals surface area (Å²) >= 11 is 6.41. The van der Waals surface area contributed by atoms with Crippen LogP contribution in [0.3, 0.4) is 0 Å². The third-order valence-electron chi connectivity index (χ3n) is 6.81. The molecule has 0 bridgehead atoms. The summed E-state index contributed by atoms with van der Waals surface area (Å²) in [6, 6.07) is 5.45. The monoisotopic (exact) mass is 589 g/mol. The fourth-order valence-corrected chi connectivity index (χ4v) is 5.20. The summed E-state index contributed by atoms with van der Waals surface area (Å²) in [6.45, 7) is 0. The van der Waals surface area contributed by atoms with E-state index in [0.29, 0.717) is 6.07 Å². The van der Waals surface area contributed by atoms with Crippen molar-refractivity contribution in [2.75, 3.05) is 9.80 Å². The van der Waals surface area contributed by atoms with Crippen LogP contribution in [0.2, 0.25) is 5.02 Å². The van der Waals surface area contributed by atoms with E-state index >= 15 is 0 Å². The molecule has 2 fully saturated rings. The van der Waals surface area contributed by atoms with Crippen LogP contribution in [0.25, 0.3) is 0 Å². The summed E-state index contributed by atoms with van der Waals surface area (Å²) in [7, 11) is 0. The summed E-state index contributed by atoms with van der Waals surface area (Å²) in [6.07, 6.45) is -0.454. The third-order valence-corrected chi connectivity index (χ3v) is 7.16. The number of amides is 3. The van der Waals surface area contributed by atoms with Crippen molar-refractivity contribution in [1.82, 2.24) is 10.3 Å². The van der Waals surface area contributed by atoms with Crippen molar-refractivity contribution in [3.8, 4) is 6.07 Å². The Morgan fingerprint density at radius 2 is 1.88 bits per heavy atom. The lowest BCUT2D eigenvalue weighted by molar-refractivity contribution is -0.133. The predicted octanol–water partition coefficient (Wildman–Crippen LogP) is 4.66. The maximum atomic E-state index is 14.5. The van der Waals surface area contributed by atoms with Gasteiger partial charge in [0, 0.05) is 42.0 Å².